The molecule has 2 fully saturated rings. The van der Waals surface area contributed by atoms with E-state index in [2.05, 4.69) is 10.1 Å². The first-order chi connectivity index (χ1) is 13.1. The number of methoxy groups -OCH3 is 1. The molecular formula is C20H32N2O6. The summed E-state index contributed by atoms with van der Waals surface area (Å²) in [5, 5.41) is 2.69. The van der Waals surface area contributed by atoms with E-state index >= 15 is 0 Å². The van der Waals surface area contributed by atoms with Crippen molar-refractivity contribution in [3.8, 4) is 0 Å². The largest absolute Gasteiger partial charge is 0.469 e. The van der Waals surface area contributed by atoms with Crippen LogP contribution in [0.15, 0.2) is 0 Å². The molecule has 1 aliphatic heterocycles. The highest BCUT2D eigenvalue weighted by Crippen LogP contribution is 2.40. The van der Waals surface area contributed by atoms with Crippen molar-refractivity contribution in [2.24, 2.45) is 11.8 Å². The molecule has 0 spiro atoms. The summed E-state index contributed by atoms with van der Waals surface area (Å²) >= 11 is 0. The standard InChI is InChI=1S/C20H32N2O6/c1-20(2,3)28-19(26)22-12-15(14-7-5-6-8-16(14)22)18(25)21-11-13(23)9-10-17(24)27-4/h14-16H,5-12H2,1-4H3,(H,21,25). The van der Waals surface area contributed by atoms with Crippen LogP contribution in [0, 0.1) is 11.8 Å². The molecule has 0 aromatic heterocycles. The zero-order chi connectivity index (χ0) is 20.9. The highest BCUT2D eigenvalue weighted by atomic mass is 16.6. The average molecular weight is 396 g/mol. The minimum atomic E-state index is -0.590. The maximum absolute atomic E-state index is 12.7. The number of amides is 2. The average Bonchev–Trinajstić information content (AvgIpc) is 3.02. The molecule has 28 heavy (non-hydrogen) atoms. The molecule has 0 aromatic rings. The third kappa shape index (κ3) is 5.94. The molecule has 3 unspecified atom stereocenters. The molecule has 8 heteroatoms. The fraction of sp³-hybridized carbons (Fsp3) is 0.800. The Labute approximate surface area is 166 Å². The van der Waals surface area contributed by atoms with Gasteiger partial charge in [0, 0.05) is 19.0 Å². The van der Waals surface area contributed by atoms with Crippen LogP contribution in [0.1, 0.15) is 59.3 Å². The fourth-order valence-corrected chi connectivity index (χ4v) is 4.04. The van der Waals surface area contributed by atoms with Crippen LogP contribution in [-0.4, -0.2) is 60.5 Å². The van der Waals surface area contributed by atoms with Crippen LogP contribution in [0.2, 0.25) is 0 Å². The minimum Gasteiger partial charge on any atom is -0.469 e. The Morgan fingerprint density at radius 3 is 2.39 bits per heavy atom. The van der Waals surface area contributed by atoms with E-state index in [1.807, 2.05) is 20.8 Å². The number of rotatable bonds is 6. The Balaban J connectivity index is 1.94. The smallest absolute Gasteiger partial charge is 0.410 e. The molecule has 2 rings (SSSR count). The van der Waals surface area contributed by atoms with Gasteiger partial charge in [0.05, 0.1) is 26.0 Å². The third-order valence-electron chi connectivity index (χ3n) is 5.35. The second-order valence-electron chi connectivity index (χ2n) is 8.59. The van der Waals surface area contributed by atoms with E-state index < -0.39 is 11.6 Å². The van der Waals surface area contributed by atoms with Crippen molar-refractivity contribution in [2.75, 3.05) is 20.2 Å². The molecule has 8 nitrogen and oxygen atoms in total. The van der Waals surface area contributed by atoms with Crippen molar-refractivity contribution in [1.82, 2.24) is 10.2 Å². The fourth-order valence-electron chi connectivity index (χ4n) is 4.04. The van der Waals surface area contributed by atoms with Crippen molar-refractivity contribution < 1.29 is 28.7 Å². The Hall–Kier alpha value is -2.12. The van der Waals surface area contributed by atoms with Crippen LogP contribution >= 0.6 is 0 Å². The van der Waals surface area contributed by atoms with Gasteiger partial charge >= 0.3 is 12.1 Å². The van der Waals surface area contributed by atoms with Crippen LogP contribution in [0.4, 0.5) is 4.79 Å². The molecule has 0 bridgehead atoms. The number of carbonyl (C=O) groups excluding carboxylic acids is 4. The third-order valence-corrected chi connectivity index (χ3v) is 5.35. The number of nitrogens with zero attached hydrogens (tertiary/aromatic N) is 1. The van der Waals surface area contributed by atoms with Gasteiger partial charge in [0.15, 0.2) is 5.78 Å². The van der Waals surface area contributed by atoms with Crippen LogP contribution < -0.4 is 5.32 Å². The van der Waals surface area contributed by atoms with Gasteiger partial charge in [-0.25, -0.2) is 4.79 Å². The topological polar surface area (TPSA) is 102 Å². The first kappa shape index (κ1) is 22.2. The summed E-state index contributed by atoms with van der Waals surface area (Å²) in [5.74, 6) is -1.14. The Bertz CT molecular complexity index is 612. The lowest BCUT2D eigenvalue weighted by Gasteiger charge is -2.33. The van der Waals surface area contributed by atoms with Gasteiger partial charge in [-0.15, -0.1) is 0 Å². The quantitative estimate of drug-likeness (QED) is 0.690. The van der Waals surface area contributed by atoms with Gasteiger partial charge in [-0.3, -0.25) is 14.4 Å². The van der Waals surface area contributed by atoms with Crippen LogP contribution in [-0.2, 0) is 23.9 Å². The summed E-state index contributed by atoms with van der Waals surface area (Å²) in [6, 6.07) is 0.00868. The van der Waals surface area contributed by atoms with Crippen LogP contribution in [0.3, 0.4) is 0 Å². The monoisotopic (exact) mass is 396 g/mol. The Morgan fingerprint density at radius 2 is 1.75 bits per heavy atom. The van der Waals surface area contributed by atoms with E-state index in [9.17, 15) is 19.2 Å². The molecule has 1 saturated heterocycles. The van der Waals surface area contributed by atoms with Gasteiger partial charge in [0.1, 0.15) is 5.60 Å². The lowest BCUT2D eigenvalue weighted by Crippen LogP contribution is -2.42. The summed E-state index contributed by atoms with van der Waals surface area (Å²) in [6.45, 7) is 5.67. The molecule has 0 aromatic carbocycles. The number of fused-ring (bicyclic) bond motifs is 1. The van der Waals surface area contributed by atoms with Gasteiger partial charge in [-0.2, -0.15) is 0 Å². The SMILES string of the molecule is COC(=O)CCC(=O)CNC(=O)C1CN(C(=O)OC(C)(C)C)C2CCCCC12. The number of Topliss-reactive ketones (excluding diaryl/α,β-unsaturated/α-hetero) is 1. The zero-order valence-electron chi connectivity index (χ0n) is 17.3. The first-order valence-corrected chi connectivity index (χ1v) is 9.98. The van der Waals surface area contributed by atoms with Gasteiger partial charge in [-0.05, 0) is 39.5 Å². The molecule has 3 atom stereocenters. The maximum Gasteiger partial charge on any atom is 0.410 e. The number of nitrogens with one attached hydrogen (secondary N) is 1. The molecule has 1 heterocycles. The summed E-state index contributed by atoms with van der Waals surface area (Å²) in [6.07, 6.45) is 3.48. The van der Waals surface area contributed by atoms with Gasteiger partial charge in [0.25, 0.3) is 0 Å². The molecule has 2 aliphatic rings. The lowest BCUT2D eigenvalue weighted by atomic mass is 9.79. The Kier molecular flexibility index (Phi) is 7.43. The van der Waals surface area contributed by atoms with Gasteiger partial charge in [-0.1, -0.05) is 12.8 Å². The normalized spacial score (nSPS) is 24.3. The molecular weight excluding hydrogens is 364 g/mol. The van der Waals surface area contributed by atoms with E-state index in [0.717, 1.165) is 25.7 Å². The van der Waals surface area contributed by atoms with E-state index in [0.29, 0.717) is 6.54 Å². The predicted molar refractivity (Wildman–Crippen MR) is 101 cm³/mol. The Morgan fingerprint density at radius 1 is 1.07 bits per heavy atom. The molecule has 158 valence electrons. The van der Waals surface area contributed by atoms with Crippen LogP contribution in [0.25, 0.3) is 0 Å². The van der Waals surface area contributed by atoms with Crippen molar-refractivity contribution in [3.63, 3.8) is 0 Å². The van der Waals surface area contributed by atoms with Crippen molar-refractivity contribution in [3.05, 3.63) is 0 Å². The lowest BCUT2D eigenvalue weighted by molar-refractivity contribution is -0.141. The van der Waals surface area contributed by atoms with E-state index in [4.69, 9.17) is 4.74 Å². The number of esters is 1. The summed E-state index contributed by atoms with van der Waals surface area (Å²) in [5.41, 5.74) is -0.590. The highest BCUT2D eigenvalue weighted by Gasteiger charge is 2.48. The molecule has 1 saturated carbocycles. The van der Waals surface area contributed by atoms with Gasteiger partial charge < -0.3 is 19.7 Å². The predicted octanol–water partition coefficient (Wildman–Crippen LogP) is 2.05. The number of likely N-dealkylation sites (tertiary alicyclic amines) is 1. The van der Waals surface area contributed by atoms with Crippen molar-refractivity contribution >= 4 is 23.8 Å². The van der Waals surface area contributed by atoms with Crippen molar-refractivity contribution in [2.45, 2.75) is 70.9 Å². The second kappa shape index (κ2) is 9.39. The van der Waals surface area contributed by atoms with E-state index in [1.54, 1.807) is 4.90 Å². The van der Waals surface area contributed by atoms with Crippen LogP contribution in [0.5, 0.6) is 0 Å². The first-order valence-electron chi connectivity index (χ1n) is 9.98. The molecule has 1 N–H and O–H groups in total. The van der Waals surface area contributed by atoms with Crippen molar-refractivity contribution in [1.29, 1.82) is 0 Å². The molecule has 2 amide bonds. The maximum atomic E-state index is 12.7. The molecule has 0 radical (unpaired) electrons. The minimum absolute atomic E-state index is 0.00571. The second-order valence-corrected chi connectivity index (χ2v) is 8.59. The number of ketones is 1. The number of hydrogen-bond donors (Lipinski definition) is 1. The van der Waals surface area contributed by atoms with E-state index in [-0.39, 0.29) is 55.0 Å². The highest BCUT2D eigenvalue weighted by molar-refractivity contribution is 5.89. The summed E-state index contributed by atoms with van der Waals surface area (Å²) in [4.78, 5) is 50.0. The number of ether oxygens (including phenoxy) is 2. The summed E-state index contributed by atoms with van der Waals surface area (Å²) < 4.78 is 10.0. The molecule has 1 aliphatic carbocycles. The van der Waals surface area contributed by atoms with E-state index in [1.165, 1.54) is 7.11 Å². The number of carbonyl (C=O) groups is 4. The zero-order valence-corrected chi connectivity index (χ0v) is 17.3. The number of hydrogen-bond acceptors (Lipinski definition) is 6. The van der Waals surface area contributed by atoms with Gasteiger partial charge in [0.2, 0.25) is 5.91 Å². The summed E-state index contributed by atoms with van der Waals surface area (Å²) in [7, 11) is 1.27.